The summed E-state index contributed by atoms with van der Waals surface area (Å²) < 4.78 is 19.0. The van der Waals surface area contributed by atoms with Gasteiger partial charge >= 0.3 is 0 Å². The summed E-state index contributed by atoms with van der Waals surface area (Å²) in [6.07, 6.45) is 1.54. The van der Waals surface area contributed by atoms with E-state index in [4.69, 9.17) is 4.74 Å². The van der Waals surface area contributed by atoms with Crippen LogP contribution in [-0.2, 0) is 0 Å². The van der Waals surface area contributed by atoms with Crippen molar-refractivity contribution in [3.05, 3.63) is 42.0 Å². The summed E-state index contributed by atoms with van der Waals surface area (Å²) in [5, 5.41) is 2.43. The van der Waals surface area contributed by atoms with E-state index in [-0.39, 0.29) is 17.1 Å². The average molecular weight is 261 g/mol. The first-order valence-electron chi connectivity index (χ1n) is 5.55. The Morgan fingerprint density at radius 2 is 2.21 bits per heavy atom. The third-order valence-electron chi connectivity index (χ3n) is 2.52. The van der Waals surface area contributed by atoms with Gasteiger partial charge < -0.3 is 10.1 Å². The largest absolute Gasteiger partial charge is 0.479 e. The molecule has 1 amide bonds. The average Bonchev–Trinajstić information content (AvgIpc) is 2.47. The minimum Gasteiger partial charge on any atom is -0.479 e. The van der Waals surface area contributed by atoms with Gasteiger partial charge in [0.05, 0.1) is 12.8 Å². The zero-order valence-corrected chi connectivity index (χ0v) is 10.5. The number of pyridine rings is 2. The second kappa shape index (κ2) is 5.43. The van der Waals surface area contributed by atoms with Crippen molar-refractivity contribution in [1.82, 2.24) is 15.3 Å². The maximum atomic E-state index is 14.1. The molecule has 0 spiro atoms. The van der Waals surface area contributed by atoms with Crippen molar-refractivity contribution in [1.29, 1.82) is 0 Å². The van der Waals surface area contributed by atoms with Crippen molar-refractivity contribution in [2.45, 2.75) is 0 Å². The molecule has 98 valence electrons. The number of hydrogen-bond donors (Lipinski definition) is 1. The van der Waals surface area contributed by atoms with Crippen molar-refractivity contribution >= 4 is 5.91 Å². The monoisotopic (exact) mass is 261 g/mol. The molecule has 0 bridgehead atoms. The summed E-state index contributed by atoms with van der Waals surface area (Å²) in [6, 6.07) is 6.44. The summed E-state index contributed by atoms with van der Waals surface area (Å²) >= 11 is 0. The molecular weight excluding hydrogens is 249 g/mol. The third kappa shape index (κ3) is 2.52. The third-order valence-corrected chi connectivity index (χ3v) is 2.52. The first-order chi connectivity index (χ1) is 9.17. The number of halogens is 1. The van der Waals surface area contributed by atoms with Gasteiger partial charge in [0.1, 0.15) is 5.69 Å². The number of methoxy groups -OCH3 is 1. The van der Waals surface area contributed by atoms with Crippen LogP contribution in [0.1, 0.15) is 10.5 Å². The predicted molar refractivity (Wildman–Crippen MR) is 67.4 cm³/mol. The van der Waals surface area contributed by atoms with Gasteiger partial charge in [0.25, 0.3) is 11.8 Å². The minimum absolute atomic E-state index is 0.0707. The molecule has 0 aliphatic rings. The van der Waals surface area contributed by atoms with E-state index in [0.717, 1.165) is 0 Å². The predicted octanol–water partition coefficient (Wildman–Crippen LogP) is 1.65. The number of nitrogens with one attached hydrogen (secondary N) is 1. The Hall–Kier alpha value is -2.50. The number of carbonyl (C=O) groups is 1. The van der Waals surface area contributed by atoms with Gasteiger partial charge in [0, 0.05) is 18.8 Å². The number of carbonyl (C=O) groups excluding carboxylic acids is 1. The lowest BCUT2D eigenvalue weighted by Gasteiger charge is -2.09. The molecule has 0 aromatic carbocycles. The van der Waals surface area contributed by atoms with Gasteiger partial charge in [-0.2, -0.15) is 0 Å². The van der Waals surface area contributed by atoms with E-state index in [1.54, 1.807) is 24.4 Å². The summed E-state index contributed by atoms with van der Waals surface area (Å²) in [5.41, 5.74) is 0.651. The summed E-state index contributed by atoms with van der Waals surface area (Å²) in [5.74, 6) is -1.30. The smallest absolute Gasteiger partial charge is 0.269 e. The molecule has 0 atom stereocenters. The summed E-state index contributed by atoms with van der Waals surface area (Å²) in [6.45, 7) is 0. The molecule has 0 fully saturated rings. The van der Waals surface area contributed by atoms with E-state index in [0.29, 0.717) is 5.69 Å². The van der Waals surface area contributed by atoms with E-state index >= 15 is 0 Å². The van der Waals surface area contributed by atoms with Crippen LogP contribution in [0.15, 0.2) is 30.5 Å². The van der Waals surface area contributed by atoms with Crippen LogP contribution in [0.25, 0.3) is 11.3 Å². The Balaban J connectivity index is 2.62. The number of nitrogens with zero attached hydrogens (tertiary/aromatic N) is 2. The molecule has 0 saturated carbocycles. The zero-order valence-electron chi connectivity index (χ0n) is 10.5. The molecule has 0 radical (unpaired) electrons. The molecule has 0 aliphatic carbocycles. The molecule has 2 rings (SSSR count). The topological polar surface area (TPSA) is 64.1 Å². The van der Waals surface area contributed by atoms with E-state index < -0.39 is 11.7 Å². The van der Waals surface area contributed by atoms with Crippen LogP contribution in [0.3, 0.4) is 0 Å². The van der Waals surface area contributed by atoms with Crippen LogP contribution >= 0.6 is 0 Å². The van der Waals surface area contributed by atoms with Gasteiger partial charge in [0.2, 0.25) is 0 Å². The molecular formula is C13H12FN3O2. The van der Waals surface area contributed by atoms with Crippen LogP contribution in [0, 0.1) is 5.82 Å². The lowest BCUT2D eigenvalue weighted by Crippen LogP contribution is -2.20. The van der Waals surface area contributed by atoms with E-state index in [9.17, 15) is 9.18 Å². The van der Waals surface area contributed by atoms with Gasteiger partial charge in [-0.3, -0.25) is 9.78 Å². The van der Waals surface area contributed by atoms with Crippen LogP contribution in [0.4, 0.5) is 4.39 Å². The van der Waals surface area contributed by atoms with Crippen LogP contribution < -0.4 is 10.1 Å². The van der Waals surface area contributed by atoms with Crippen molar-refractivity contribution in [2.24, 2.45) is 0 Å². The highest BCUT2D eigenvalue weighted by Crippen LogP contribution is 2.27. The van der Waals surface area contributed by atoms with Gasteiger partial charge in [0.15, 0.2) is 5.82 Å². The van der Waals surface area contributed by atoms with Gasteiger partial charge in [-0.1, -0.05) is 6.07 Å². The van der Waals surface area contributed by atoms with Crippen molar-refractivity contribution in [2.75, 3.05) is 14.2 Å². The molecule has 0 unspecified atom stereocenters. The van der Waals surface area contributed by atoms with Crippen molar-refractivity contribution in [3.8, 4) is 17.1 Å². The molecule has 5 nitrogen and oxygen atoms in total. The quantitative estimate of drug-likeness (QED) is 0.912. The Kier molecular flexibility index (Phi) is 3.70. The number of aromatic nitrogens is 2. The lowest BCUT2D eigenvalue weighted by atomic mass is 10.1. The molecule has 0 aliphatic heterocycles. The van der Waals surface area contributed by atoms with Crippen molar-refractivity contribution < 1.29 is 13.9 Å². The molecule has 6 heteroatoms. The highest BCUT2D eigenvalue weighted by atomic mass is 19.1. The molecule has 2 aromatic heterocycles. The number of rotatable bonds is 3. The van der Waals surface area contributed by atoms with Crippen LogP contribution in [0.5, 0.6) is 5.88 Å². The van der Waals surface area contributed by atoms with Gasteiger partial charge in [-0.15, -0.1) is 0 Å². The summed E-state index contributed by atoms with van der Waals surface area (Å²) in [4.78, 5) is 19.5. The van der Waals surface area contributed by atoms with Gasteiger partial charge in [-0.05, 0) is 18.2 Å². The maximum absolute atomic E-state index is 14.1. The molecule has 2 heterocycles. The fraction of sp³-hybridized carbons (Fsp3) is 0.154. The summed E-state index contributed by atoms with van der Waals surface area (Å²) in [7, 11) is 2.77. The highest BCUT2D eigenvalue weighted by Gasteiger charge is 2.18. The number of ether oxygens (including phenoxy) is 1. The zero-order chi connectivity index (χ0) is 13.8. The van der Waals surface area contributed by atoms with E-state index in [2.05, 4.69) is 15.3 Å². The second-order valence-corrected chi connectivity index (χ2v) is 3.67. The Morgan fingerprint density at radius 1 is 1.42 bits per heavy atom. The molecule has 2 aromatic rings. The number of hydrogen-bond acceptors (Lipinski definition) is 4. The van der Waals surface area contributed by atoms with Gasteiger partial charge in [-0.25, -0.2) is 9.37 Å². The Labute approximate surface area is 109 Å². The molecule has 1 N–H and O–H groups in total. The molecule has 19 heavy (non-hydrogen) atoms. The molecule has 0 saturated heterocycles. The first kappa shape index (κ1) is 12.9. The fourth-order valence-corrected chi connectivity index (χ4v) is 1.59. The number of amides is 1. The van der Waals surface area contributed by atoms with Crippen LogP contribution in [0.2, 0.25) is 0 Å². The van der Waals surface area contributed by atoms with Crippen molar-refractivity contribution in [3.63, 3.8) is 0 Å². The minimum atomic E-state index is -0.645. The first-order valence-corrected chi connectivity index (χ1v) is 5.55. The normalized spacial score (nSPS) is 10.1. The lowest BCUT2D eigenvalue weighted by molar-refractivity contribution is 0.0957. The van der Waals surface area contributed by atoms with E-state index in [1.807, 2.05) is 0 Å². The van der Waals surface area contributed by atoms with Crippen LogP contribution in [-0.4, -0.2) is 30.0 Å². The highest BCUT2D eigenvalue weighted by molar-refractivity contribution is 5.93. The Morgan fingerprint density at radius 3 is 2.79 bits per heavy atom. The maximum Gasteiger partial charge on any atom is 0.269 e. The van der Waals surface area contributed by atoms with E-state index in [1.165, 1.54) is 20.2 Å². The fourth-order valence-electron chi connectivity index (χ4n) is 1.59. The Bertz CT molecular complexity index is 602. The SMILES string of the molecule is CNC(=O)c1cc(-c2ccccn2)c(F)c(OC)n1. The standard InChI is InChI=1S/C13H12FN3O2/c1-15-12(18)10-7-8(9-5-3-4-6-16-9)11(14)13(17-10)19-2/h3-7H,1-2H3,(H,15,18). The second-order valence-electron chi connectivity index (χ2n) is 3.67.